The van der Waals surface area contributed by atoms with Crippen molar-refractivity contribution in [3.63, 3.8) is 0 Å². The smallest absolute Gasteiger partial charge is 0.312 e. The first kappa shape index (κ1) is 9.93. The summed E-state index contributed by atoms with van der Waals surface area (Å²) in [7, 11) is 3.42. The van der Waals surface area contributed by atoms with Crippen LogP contribution < -0.4 is 0 Å². The Bertz CT molecular complexity index is 244. The molecule has 0 aliphatic carbocycles. The molecule has 0 spiro atoms. The summed E-state index contributed by atoms with van der Waals surface area (Å²) >= 11 is 0. The van der Waals surface area contributed by atoms with Gasteiger partial charge < -0.3 is 9.84 Å². The number of rotatable bonds is 1. The lowest BCUT2D eigenvalue weighted by Gasteiger charge is -2.39. The molecule has 0 aromatic heterocycles. The fourth-order valence-electron chi connectivity index (χ4n) is 2.89. The van der Waals surface area contributed by atoms with Gasteiger partial charge in [-0.1, -0.05) is 0 Å². The summed E-state index contributed by atoms with van der Waals surface area (Å²) in [6, 6.07) is 0.632. The van der Waals surface area contributed by atoms with Crippen molar-refractivity contribution < 1.29 is 14.6 Å². The molecule has 1 N–H and O–H groups in total. The lowest BCUT2D eigenvalue weighted by molar-refractivity contribution is -0.155. The number of piperidine rings is 1. The van der Waals surface area contributed by atoms with Gasteiger partial charge in [-0.25, -0.2) is 0 Å². The fourth-order valence-corrected chi connectivity index (χ4v) is 2.89. The highest BCUT2D eigenvalue weighted by molar-refractivity contribution is 5.74. The van der Waals surface area contributed by atoms with Gasteiger partial charge in [0.15, 0.2) is 0 Å². The van der Waals surface area contributed by atoms with Crippen LogP contribution in [-0.2, 0) is 9.53 Å². The number of fused-ring (bicyclic) bond motifs is 2. The molecule has 80 valence electrons. The van der Waals surface area contributed by atoms with Gasteiger partial charge in [0.05, 0.1) is 19.1 Å². The van der Waals surface area contributed by atoms with Crippen LogP contribution in [0.5, 0.6) is 0 Å². The van der Waals surface area contributed by atoms with E-state index in [1.54, 1.807) is 0 Å². The molecule has 2 rings (SSSR count). The molecule has 4 nitrogen and oxygen atoms in total. The van der Waals surface area contributed by atoms with Crippen molar-refractivity contribution in [2.75, 3.05) is 14.2 Å². The van der Waals surface area contributed by atoms with E-state index < -0.39 is 6.10 Å². The molecule has 2 heterocycles. The van der Waals surface area contributed by atoms with E-state index >= 15 is 0 Å². The van der Waals surface area contributed by atoms with Gasteiger partial charge in [0.25, 0.3) is 0 Å². The summed E-state index contributed by atoms with van der Waals surface area (Å²) in [4.78, 5) is 13.7. The van der Waals surface area contributed by atoms with E-state index in [0.717, 1.165) is 12.8 Å². The average molecular weight is 199 g/mol. The molecule has 4 atom stereocenters. The number of hydrogen-bond acceptors (Lipinski definition) is 4. The monoisotopic (exact) mass is 199 g/mol. The summed E-state index contributed by atoms with van der Waals surface area (Å²) in [6.45, 7) is 0. The van der Waals surface area contributed by atoms with Crippen LogP contribution in [0, 0.1) is 5.92 Å². The summed E-state index contributed by atoms with van der Waals surface area (Å²) in [5.41, 5.74) is 0. The van der Waals surface area contributed by atoms with Crippen molar-refractivity contribution in [1.82, 2.24) is 4.90 Å². The van der Waals surface area contributed by atoms with Gasteiger partial charge in [-0.2, -0.15) is 0 Å². The minimum atomic E-state index is -0.517. The molecule has 2 saturated heterocycles. The Hall–Kier alpha value is -0.610. The van der Waals surface area contributed by atoms with E-state index in [1.807, 2.05) is 7.05 Å². The number of aliphatic hydroxyl groups is 1. The van der Waals surface area contributed by atoms with Crippen molar-refractivity contribution >= 4 is 5.97 Å². The zero-order chi connectivity index (χ0) is 10.3. The van der Waals surface area contributed by atoms with Gasteiger partial charge in [0.1, 0.15) is 0 Å². The fraction of sp³-hybridized carbons (Fsp3) is 0.900. The third-order valence-electron chi connectivity index (χ3n) is 3.71. The second-order valence-electron chi connectivity index (χ2n) is 4.32. The quantitative estimate of drug-likeness (QED) is 0.604. The highest BCUT2D eigenvalue weighted by atomic mass is 16.5. The Labute approximate surface area is 83.8 Å². The van der Waals surface area contributed by atoms with Crippen LogP contribution in [0.4, 0.5) is 0 Å². The Balaban J connectivity index is 2.18. The first-order chi connectivity index (χ1) is 6.65. The van der Waals surface area contributed by atoms with Crippen molar-refractivity contribution in [1.29, 1.82) is 0 Å². The van der Waals surface area contributed by atoms with Crippen LogP contribution in [0.3, 0.4) is 0 Å². The molecular weight excluding hydrogens is 182 g/mol. The van der Waals surface area contributed by atoms with E-state index in [1.165, 1.54) is 7.11 Å². The first-order valence-corrected chi connectivity index (χ1v) is 5.13. The maximum absolute atomic E-state index is 11.5. The first-order valence-electron chi connectivity index (χ1n) is 5.13. The molecule has 4 unspecified atom stereocenters. The Morgan fingerprint density at radius 1 is 1.50 bits per heavy atom. The minimum Gasteiger partial charge on any atom is -0.469 e. The van der Waals surface area contributed by atoms with Gasteiger partial charge in [-0.3, -0.25) is 9.69 Å². The molecule has 0 aromatic rings. The van der Waals surface area contributed by atoms with Crippen molar-refractivity contribution in [3.8, 4) is 0 Å². The Morgan fingerprint density at radius 2 is 2.21 bits per heavy atom. The van der Waals surface area contributed by atoms with E-state index in [9.17, 15) is 9.90 Å². The van der Waals surface area contributed by atoms with Gasteiger partial charge in [-0.05, 0) is 26.3 Å². The van der Waals surface area contributed by atoms with E-state index in [0.29, 0.717) is 12.5 Å². The second kappa shape index (κ2) is 3.51. The molecule has 0 saturated carbocycles. The number of methoxy groups -OCH3 is 1. The van der Waals surface area contributed by atoms with Crippen molar-refractivity contribution in [2.24, 2.45) is 5.92 Å². The predicted octanol–water partition coefficient (Wildman–Crippen LogP) is 0.00300. The molecule has 4 heteroatoms. The average Bonchev–Trinajstić information content (AvgIpc) is 2.42. The maximum Gasteiger partial charge on any atom is 0.312 e. The van der Waals surface area contributed by atoms with Crippen molar-refractivity contribution in [2.45, 2.75) is 37.5 Å². The number of carbonyl (C=O) groups is 1. The molecule has 2 bridgehead atoms. The molecule has 14 heavy (non-hydrogen) atoms. The van der Waals surface area contributed by atoms with Gasteiger partial charge in [-0.15, -0.1) is 0 Å². The second-order valence-corrected chi connectivity index (χ2v) is 4.32. The van der Waals surface area contributed by atoms with E-state index in [4.69, 9.17) is 4.74 Å². The van der Waals surface area contributed by atoms with Crippen LogP contribution in [-0.4, -0.2) is 48.3 Å². The van der Waals surface area contributed by atoms with Crippen LogP contribution in [0.2, 0.25) is 0 Å². The summed E-state index contributed by atoms with van der Waals surface area (Å²) in [5, 5.41) is 9.84. The molecule has 2 fully saturated rings. The van der Waals surface area contributed by atoms with Crippen LogP contribution in [0.25, 0.3) is 0 Å². The summed E-state index contributed by atoms with van der Waals surface area (Å²) in [5.74, 6) is -0.613. The van der Waals surface area contributed by atoms with Crippen LogP contribution in [0.15, 0.2) is 0 Å². The highest BCUT2D eigenvalue weighted by Gasteiger charge is 2.48. The summed E-state index contributed by atoms with van der Waals surface area (Å²) < 4.78 is 4.73. The number of nitrogens with zero attached hydrogens (tertiary/aromatic N) is 1. The molecule has 2 aliphatic rings. The molecule has 0 radical (unpaired) electrons. The van der Waals surface area contributed by atoms with Gasteiger partial charge >= 0.3 is 5.97 Å². The largest absolute Gasteiger partial charge is 0.469 e. The highest BCUT2D eigenvalue weighted by Crippen LogP contribution is 2.38. The lowest BCUT2D eigenvalue weighted by atomic mass is 9.88. The Morgan fingerprint density at radius 3 is 2.86 bits per heavy atom. The van der Waals surface area contributed by atoms with Crippen molar-refractivity contribution in [3.05, 3.63) is 0 Å². The lowest BCUT2D eigenvalue weighted by Crippen LogP contribution is -2.52. The summed E-state index contributed by atoms with van der Waals surface area (Å²) in [6.07, 6.45) is 2.27. The SMILES string of the molecule is COC(=O)C1C(O)CC2CCC1N2C. The number of aliphatic hydroxyl groups excluding tert-OH is 1. The third kappa shape index (κ3) is 1.33. The number of carbonyl (C=O) groups excluding carboxylic acids is 1. The standard InChI is InChI=1S/C10H17NO3/c1-11-6-3-4-7(11)9(8(12)5-6)10(13)14-2/h6-9,12H,3-5H2,1-2H3. The molecule has 0 aromatic carbocycles. The van der Waals surface area contributed by atoms with Gasteiger partial charge in [0, 0.05) is 12.1 Å². The van der Waals surface area contributed by atoms with Gasteiger partial charge in [0.2, 0.25) is 0 Å². The molecular formula is C10H17NO3. The number of esters is 1. The van der Waals surface area contributed by atoms with E-state index in [-0.39, 0.29) is 17.9 Å². The van der Waals surface area contributed by atoms with E-state index in [2.05, 4.69) is 4.90 Å². The normalized spacial score (nSPS) is 42.5. The molecule has 0 amide bonds. The maximum atomic E-state index is 11.5. The number of hydrogen-bond donors (Lipinski definition) is 1. The predicted molar refractivity (Wildman–Crippen MR) is 50.7 cm³/mol. The zero-order valence-corrected chi connectivity index (χ0v) is 8.64. The zero-order valence-electron chi connectivity index (χ0n) is 8.64. The topological polar surface area (TPSA) is 49.8 Å². The Kier molecular flexibility index (Phi) is 2.49. The van der Waals surface area contributed by atoms with Crippen LogP contribution >= 0.6 is 0 Å². The minimum absolute atomic E-state index is 0.177. The third-order valence-corrected chi connectivity index (χ3v) is 3.71. The molecule has 2 aliphatic heterocycles. The van der Waals surface area contributed by atoms with Crippen LogP contribution in [0.1, 0.15) is 19.3 Å². The number of ether oxygens (including phenoxy) is 1.